The van der Waals surface area contributed by atoms with E-state index in [1.807, 2.05) is 62.3 Å². The molecule has 4 heteroatoms. The third-order valence-electron chi connectivity index (χ3n) is 4.03. The average molecular weight is 296 g/mol. The molecule has 0 spiro atoms. The van der Waals surface area contributed by atoms with E-state index in [0.29, 0.717) is 6.54 Å². The van der Waals surface area contributed by atoms with Crippen molar-refractivity contribution in [2.24, 2.45) is 0 Å². The first-order chi connectivity index (χ1) is 10.5. The second-order valence-corrected chi connectivity index (χ2v) is 5.80. The van der Waals surface area contributed by atoms with Gasteiger partial charge in [0.2, 0.25) is 0 Å². The van der Waals surface area contributed by atoms with Crippen LogP contribution in [0.4, 0.5) is 11.4 Å². The van der Waals surface area contributed by atoms with Gasteiger partial charge in [0.05, 0.1) is 19.3 Å². The van der Waals surface area contributed by atoms with Crippen molar-refractivity contribution in [2.45, 2.75) is 13.5 Å². The number of amides is 1. The zero-order valence-electron chi connectivity index (χ0n) is 13.4. The van der Waals surface area contributed by atoms with Crippen LogP contribution in [0, 0.1) is 6.92 Å². The van der Waals surface area contributed by atoms with Crippen LogP contribution in [0.2, 0.25) is 0 Å². The van der Waals surface area contributed by atoms with E-state index in [1.165, 1.54) is 0 Å². The molecule has 2 aromatic carbocycles. The van der Waals surface area contributed by atoms with Gasteiger partial charge in [0, 0.05) is 31.4 Å². The van der Waals surface area contributed by atoms with Crippen molar-refractivity contribution in [1.29, 1.82) is 0 Å². The van der Waals surface area contributed by atoms with E-state index in [1.54, 1.807) is 12.0 Å². The number of rotatable bonds is 3. The molecule has 1 aliphatic heterocycles. The topological polar surface area (TPSA) is 32.8 Å². The number of hydrogen-bond acceptors (Lipinski definition) is 3. The summed E-state index contributed by atoms with van der Waals surface area (Å²) in [6.45, 7) is 2.62. The van der Waals surface area contributed by atoms with Crippen LogP contribution in [0.15, 0.2) is 36.4 Å². The Labute approximate surface area is 130 Å². The molecule has 0 bridgehead atoms. The summed E-state index contributed by atoms with van der Waals surface area (Å²) in [7, 11) is 5.59. The number of benzene rings is 2. The molecule has 0 radical (unpaired) electrons. The summed E-state index contributed by atoms with van der Waals surface area (Å²) in [5.74, 6) is 0.820. The Morgan fingerprint density at radius 2 is 1.91 bits per heavy atom. The molecule has 3 rings (SSSR count). The normalized spacial score (nSPS) is 13.3. The van der Waals surface area contributed by atoms with Crippen LogP contribution < -0.4 is 14.5 Å². The molecule has 22 heavy (non-hydrogen) atoms. The van der Waals surface area contributed by atoms with Gasteiger partial charge in [-0.2, -0.15) is 0 Å². The number of anilines is 2. The minimum atomic E-state index is 0.0540. The van der Waals surface area contributed by atoms with Crippen LogP contribution in [0.25, 0.3) is 0 Å². The number of hydrogen-bond donors (Lipinski definition) is 0. The number of carbonyl (C=O) groups is 1. The van der Waals surface area contributed by atoms with Gasteiger partial charge >= 0.3 is 0 Å². The van der Waals surface area contributed by atoms with Crippen LogP contribution in [-0.2, 0) is 6.54 Å². The molecule has 0 atom stereocenters. The number of carbonyl (C=O) groups excluding carboxylic acids is 1. The van der Waals surface area contributed by atoms with Crippen molar-refractivity contribution < 1.29 is 9.53 Å². The minimum Gasteiger partial charge on any atom is -0.495 e. The minimum absolute atomic E-state index is 0.0540. The van der Waals surface area contributed by atoms with Crippen molar-refractivity contribution in [3.05, 3.63) is 53.1 Å². The van der Waals surface area contributed by atoms with Crippen LogP contribution in [0.5, 0.6) is 5.75 Å². The molecule has 0 saturated heterocycles. The maximum absolute atomic E-state index is 12.6. The Bertz CT molecular complexity index is 738. The molecule has 0 saturated carbocycles. The summed E-state index contributed by atoms with van der Waals surface area (Å²) in [5.41, 5.74) is 4.84. The van der Waals surface area contributed by atoms with Gasteiger partial charge in [-0.25, -0.2) is 0 Å². The number of aryl methyl sites for hydroxylation is 1. The fraction of sp³-hybridized carbons (Fsp3) is 0.278. The van der Waals surface area contributed by atoms with Gasteiger partial charge in [0.15, 0.2) is 0 Å². The van der Waals surface area contributed by atoms with Gasteiger partial charge in [-0.1, -0.05) is 17.7 Å². The molecule has 1 amide bonds. The molecule has 0 unspecified atom stereocenters. The molecular weight excluding hydrogens is 276 g/mol. The Kier molecular flexibility index (Phi) is 3.53. The van der Waals surface area contributed by atoms with E-state index in [2.05, 4.69) is 0 Å². The SMILES string of the molecule is COc1cc(N2Cc3ccc(C)cc3C2=O)ccc1N(C)C. The van der Waals surface area contributed by atoms with E-state index < -0.39 is 0 Å². The lowest BCUT2D eigenvalue weighted by Gasteiger charge is -2.21. The molecule has 0 aromatic heterocycles. The third kappa shape index (κ3) is 2.30. The van der Waals surface area contributed by atoms with Gasteiger partial charge in [0.1, 0.15) is 5.75 Å². The highest BCUT2D eigenvalue weighted by Gasteiger charge is 2.28. The van der Waals surface area contributed by atoms with Crippen molar-refractivity contribution in [2.75, 3.05) is 31.0 Å². The molecule has 0 N–H and O–H groups in total. The van der Waals surface area contributed by atoms with Crippen molar-refractivity contribution in [3.8, 4) is 5.75 Å². The second kappa shape index (κ2) is 5.37. The van der Waals surface area contributed by atoms with Gasteiger partial charge in [-0.05, 0) is 30.7 Å². The smallest absolute Gasteiger partial charge is 0.258 e. The molecule has 1 aliphatic rings. The van der Waals surface area contributed by atoms with Gasteiger partial charge in [-0.15, -0.1) is 0 Å². The summed E-state index contributed by atoms with van der Waals surface area (Å²) in [6, 6.07) is 11.9. The van der Waals surface area contributed by atoms with Crippen molar-refractivity contribution in [1.82, 2.24) is 0 Å². The number of methoxy groups -OCH3 is 1. The first-order valence-electron chi connectivity index (χ1n) is 7.28. The van der Waals surface area contributed by atoms with Crippen LogP contribution >= 0.6 is 0 Å². The van der Waals surface area contributed by atoms with Gasteiger partial charge in [-0.3, -0.25) is 4.79 Å². The highest BCUT2D eigenvalue weighted by molar-refractivity contribution is 6.10. The summed E-state index contributed by atoms with van der Waals surface area (Å²) in [5, 5.41) is 0. The molecule has 114 valence electrons. The Hall–Kier alpha value is -2.49. The number of ether oxygens (including phenoxy) is 1. The van der Waals surface area contributed by atoms with Crippen molar-refractivity contribution in [3.63, 3.8) is 0 Å². The quantitative estimate of drug-likeness (QED) is 0.872. The van der Waals surface area contributed by atoms with E-state index >= 15 is 0 Å². The maximum Gasteiger partial charge on any atom is 0.258 e. The van der Waals surface area contributed by atoms with Crippen LogP contribution in [0.1, 0.15) is 21.5 Å². The standard InChI is InChI=1S/C18H20N2O2/c1-12-5-6-13-11-20(18(21)15(13)9-12)14-7-8-16(19(2)3)17(10-14)22-4/h5-10H,11H2,1-4H3. The average Bonchev–Trinajstić information content (AvgIpc) is 2.83. The molecule has 0 fully saturated rings. The lowest BCUT2D eigenvalue weighted by molar-refractivity contribution is 0.0996. The first-order valence-corrected chi connectivity index (χ1v) is 7.28. The van der Waals surface area contributed by atoms with Crippen LogP contribution in [0.3, 0.4) is 0 Å². The van der Waals surface area contributed by atoms with Crippen LogP contribution in [-0.4, -0.2) is 27.1 Å². The van der Waals surface area contributed by atoms with Gasteiger partial charge in [0.25, 0.3) is 5.91 Å². The summed E-state index contributed by atoms with van der Waals surface area (Å²) in [6.07, 6.45) is 0. The Morgan fingerprint density at radius 1 is 1.14 bits per heavy atom. The molecule has 1 heterocycles. The molecular formula is C18H20N2O2. The van der Waals surface area contributed by atoms with E-state index in [-0.39, 0.29) is 5.91 Å². The van der Waals surface area contributed by atoms with Crippen molar-refractivity contribution >= 4 is 17.3 Å². The highest BCUT2D eigenvalue weighted by atomic mass is 16.5. The predicted octanol–water partition coefficient (Wildman–Crippen LogP) is 3.23. The Balaban J connectivity index is 1.98. The van der Waals surface area contributed by atoms with E-state index in [9.17, 15) is 4.79 Å². The molecule has 2 aromatic rings. The van der Waals surface area contributed by atoms with E-state index in [0.717, 1.165) is 33.8 Å². The largest absolute Gasteiger partial charge is 0.495 e. The predicted molar refractivity (Wildman–Crippen MR) is 89.0 cm³/mol. The third-order valence-corrected chi connectivity index (χ3v) is 4.03. The lowest BCUT2D eigenvalue weighted by Crippen LogP contribution is -2.23. The first kappa shape index (κ1) is 14.4. The maximum atomic E-state index is 12.6. The monoisotopic (exact) mass is 296 g/mol. The summed E-state index contributed by atoms with van der Waals surface area (Å²) in [4.78, 5) is 16.4. The fourth-order valence-electron chi connectivity index (χ4n) is 2.83. The summed E-state index contributed by atoms with van der Waals surface area (Å²) < 4.78 is 5.46. The van der Waals surface area contributed by atoms with E-state index in [4.69, 9.17) is 4.74 Å². The summed E-state index contributed by atoms with van der Waals surface area (Å²) >= 11 is 0. The lowest BCUT2D eigenvalue weighted by atomic mass is 10.1. The fourth-order valence-corrected chi connectivity index (χ4v) is 2.83. The van der Waals surface area contributed by atoms with Gasteiger partial charge < -0.3 is 14.5 Å². The molecule has 0 aliphatic carbocycles. The zero-order chi connectivity index (χ0) is 15.9. The Morgan fingerprint density at radius 3 is 2.59 bits per heavy atom. The number of nitrogens with zero attached hydrogens (tertiary/aromatic N) is 2. The number of fused-ring (bicyclic) bond motifs is 1. The zero-order valence-corrected chi connectivity index (χ0v) is 13.4. The second-order valence-electron chi connectivity index (χ2n) is 5.80. The molecule has 4 nitrogen and oxygen atoms in total. The highest BCUT2D eigenvalue weighted by Crippen LogP contribution is 2.35.